The summed E-state index contributed by atoms with van der Waals surface area (Å²) in [6.07, 6.45) is 3.68. The second kappa shape index (κ2) is 10.6. The fourth-order valence-corrected chi connectivity index (χ4v) is 3.86. The van der Waals surface area contributed by atoms with Crippen LogP contribution >= 0.6 is 24.8 Å². The summed E-state index contributed by atoms with van der Waals surface area (Å²) in [5, 5.41) is 12.0. The standard InChI is InChI=1S/C25H22N2O3.2ClH/c28-25-19(12-17-4-3-11-26-14-17)15-30-24-10-9-21(13-22(24)25)29-16-20-8-7-18-5-1-2-6-23(18)27-20;;/h1-11,13-14,19,25,28H,12,15-16H2;2*1H/t19-,25+;;/m1../s1. The van der Waals surface area contributed by atoms with E-state index in [1.807, 2.05) is 66.9 Å². The van der Waals surface area contributed by atoms with E-state index >= 15 is 0 Å². The highest BCUT2D eigenvalue weighted by Crippen LogP contribution is 2.39. The van der Waals surface area contributed by atoms with E-state index in [0.29, 0.717) is 31.1 Å². The number of benzene rings is 2. The number of pyridine rings is 2. The molecule has 0 spiro atoms. The van der Waals surface area contributed by atoms with Gasteiger partial charge in [-0.05, 0) is 48.4 Å². The molecule has 7 heteroatoms. The van der Waals surface area contributed by atoms with Crippen LogP contribution in [0.25, 0.3) is 10.9 Å². The van der Waals surface area contributed by atoms with Gasteiger partial charge in [-0.2, -0.15) is 0 Å². The van der Waals surface area contributed by atoms with E-state index in [4.69, 9.17) is 9.47 Å². The van der Waals surface area contributed by atoms with Gasteiger partial charge < -0.3 is 14.6 Å². The van der Waals surface area contributed by atoms with Gasteiger partial charge in [0, 0.05) is 29.3 Å². The van der Waals surface area contributed by atoms with Crippen LogP contribution in [0.2, 0.25) is 0 Å². The number of halogens is 2. The van der Waals surface area contributed by atoms with E-state index in [2.05, 4.69) is 16.0 Å². The van der Waals surface area contributed by atoms with Crippen LogP contribution < -0.4 is 9.47 Å². The lowest BCUT2D eigenvalue weighted by atomic mass is 9.88. The second-order valence-corrected chi connectivity index (χ2v) is 7.56. The number of hydrogen-bond donors (Lipinski definition) is 1. The van der Waals surface area contributed by atoms with E-state index in [1.165, 1.54) is 0 Å². The average molecular weight is 471 g/mol. The number of aromatic nitrogens is 2. The Morgan fingerprint density at radius 2 is 1.88 bits per heavy atom. The van der Waals surface area contributed by atoms with Gasteiger partial charge in [0.05, 0.1) is 23.9 Å². The second-order valence-electron chi connectivity index (χ2n) is 7.56. The summed E-state index contributed by atoms with van der Waals surface area (Å²) in [6, 6.07) is 21.6. The quantitative estimate of drug-likeness (QED) is 0.426. The molecule has 0 saturated heterocycles. The van der Waals surface area contributed by atoms with Crippen molar-refractivity contribution in [3.63, 3.8) is 0 Å². The Labute approximate surface area is 199 Å². The summed E-state index contributed by atoms with van der Waals surface area (Å²) in [4.78, 5) is 8.80. The lowest BCUT2D eigenvalue weighted by Gasteiger charge is -2.30. The van der Waals surface area contributed by atoms with Gasteiger partial charge in [0.1, 0.15) is 18.1 Å². The molecule has 1 aliphatic heterocycles. The first-order valence-corrected chi connectivity index (χ1v) is 10.1. The van der Waals surface area contributed by atoms with Gasteiger partial charge in [-0.3, -0.25) is 4.98 Å². The molecule has 0 fully saturated rings. The van der Waals surface area contributed by atoms with Gasteiger partial charge >= 0.3 is 0 Å². The summed E-state index contributed by atoms with van der Waals surface area (Å²) in [5.41, 5.74) is 3.66. The molecule has 4 aromatic rings. The smallest absolute Gasteiger partial charge is 0.130 e. The van der Waals surface area contributed by atoms with Crippen molar-refractivity contribution in [1.82, 2.24) is 9.97 Å². The molecule has 3 heterocycles. The number of aliphatic hydroxyl groups excluding tert-OH is 1. The summed E-state index contributed by atoms with van der Waals surface area (Å²) < 4.78 is 11.9. The third kappa shape index (κ3) is 5.13. The Bertz CT molecular complexity index is 1170. The molecule has 0 unspecified atom stereocenters. The molecule has 0 aliphatic carbocycles. The van der Waals surface area contributed by atoms with Crippen LogP contribution in [-0.2, 0) is 13.0 Å². The third-order valence-electron chi connectivity index (χ3n) is 5.46. The van der Waals surface area contributed by atoms with Crippen molar-refractivity contribution < 1.29 is 14.6 Å². The number of hydrogen-bond acceptors (Lipinski definition) is 5. The van der Waals surface area contributed by atoms with Crippen molar-refractivity contribution in [2.45, 2.75) is 19.1 Å². The fraction of sp³-hybridized carbons (Fsp3) is 0.200. The summed E-state index contributed by atoms with van der Waals surface area (Å²) in [5.74, 6) is 1.37. The third-order valence-corrected chi connectivity index (χ3v) is 5.46. The minimum atomic E-state index is -0.615. The molecule has 0 saturated carbocycles. The molecule has 5 nitrogen and oxygen atoms in total. The molecule has 1 aliphatic rings. The number of rotatable bonds is 5. The molecule has 32 heavy (non-hydrogen) atoms. The fourth-order valence-electron chi connectivity index (χ4n) is 3.86. The van der Waals surface area contributed by atoms with Crippen LogP contribution in [0.1, 0.15) is 22.9 Å². The molecular formula is C25H24Cl2N2O3. The van der Waals surface area contributed by atoms with E-state index in [1.54, 1.807) is 6.20 Å². The molecule has 166 valence electrons. The molecule has 2 atom stereocenters. The van der Waals surface area contributed by atoms with Crippen LogP contribution in [0.15, 0.2) is 79.1 Å². The van der Waals surface area contributed by atoms with Gasteiger partial charge in [-0.1, -0.05) is 30.3 Å². The van der Waals surface area contributed by atoms with Crippen molar-refractivity contribution in [2.75, 3.05) is 6.61 Å². The molecular weight excluding hydrogens is 447 g/mol. The average Bonchev–Trinajstić information content (AvgIpc) is 2.80. The molecule has 0 radical (unpaired) electrons. The first-order chi connectivity index (χ1) is 14.8. The number of ether oxygens (including phenoxy) is 2. The van der Waals surface area contributed by atoms with Gasteiger partial charge in [0.2, 0.25) is 0 Å². The van der Waals surface area contributed by atoms with Crippen LogP contribution in [0.4, 0.5) is 0 Å². The molecule has 0 bridgehead atoms. The zero-order valence-electron chi connectivity index (χ0n) is 17.3. The monoisotopic (exact) mass is 470 g/mol. The molecule has 2 aromatic heterocycles. The van der Waals surface area contributed by atoms with Gasteiger partial charge in [-0.15, -0.1) is 24.8 Å². The highest BCUT2D eigenvalue weighted by molar-refractivity contribution is 5.85. The molecule has 1 N–H and O–H groups in total. The SMILES string of the molecule is Cl.Cl.O[C@@H]1c2cc(OCc3ccc4ccccc4n3)ccc2OC[C@H]1Cc1cccnc1. The minimum absolute atomic E-state index is 0. The normalized spacial score (nSPS) is 16.8. The highest BCUT2D eigenvalue weighted by atomic mass is 35.5. The van der Waals surface area contributed by atoms with E-state index in [0.717, 1.165) is 27.7 Å². The lowest BCUT2D eigenvalue weighted by molar-refractivity contribution is 0.0504. The molecule has 5 rings (SSSR count). The van der Waals surface area contributed by atoms with Crippen molar-refractivity contribution in [2.24, 2.45) is 5.92 Å². The largest absolute Gasteiger partial charge is 0.493 e. The van der Waals surface area contributed by atoms with Gasteiger partial charge in [0.25, 0.3) is 0 Å². The topological polar surface area (TPSA) is 64.5 Å². The Hall–Kier alpha value is -2.86. The zero-order chi connectivity index (χ0) is 20.3. The van der Waals surface area contributed by atoms with Crippen LogP contribution in [0, 0.1) is 5.92 Å². The molecule has 2 aromatic carbocycles. The predicted molar refractivity (Wildman–Crippen MR) is 129 cm³/mol. The maximum absolute atomic E-state index is 10.9. The Balaban J connectivity index is 0.00000144. The van der Waals surface area contributed by atoms with E-state index in [9.17, 15) is 5.11 Å². The van der Waals surface area contributed by atoms with Gasteiger partial charge in [0.15, 0.2) is 0 Å². The summed E-state index contributed by atoms with van der Waals surface area (Å²) in [6.45, 7) is 0.837. The van der Waals surface area contributed by atoms with Crippen LogP contribution in [0.5, 0.6) is 11.5 Å². The Kier molecular flexibility index (Phi) is 7.91. The van der Waals surface area contributed by atoms with Crippen LogP contribution in [-0.4, -0.2) is 21.7 Å². The zero-order valence-corrected chi connectivity index (χ0v) is 18.9. The lowest BCUT2D eigenvalue weighted by Crippen LogP contribution is -2.27. The van der Waals surface area contributed by atoms with Crippen molar-refractivity contribution >= 4 is 35.7 Å². The first kappa shape index (κ1) is 23.8. The number of nitrogens with zero attached hydrogens (tertiary/aromatic N) is 2. The maximum atomic E-state index is 10.9. The predicted octanol–water partition coefficient (Wildman–Crippen LogP) is 5.34. The summed E-state index contributed by atoms with van der Waals surface area (Å²) >= 11 is 0. The van der Waals surface area contributed by atoms with E-state index < -0.39 is 6.10 Å². The van der Waals surface area contributed by atoms with Crippen LogP contribution in [0.3, 0.4) is 0 Å². The molecule has 0 amide bonds. The number of fused-ring (bicyclic) bond motifs is 2. The van der Waals surface area contributed by atoms with Gasteiger partial charge in [-0.25, -0.2) is 4.98 Å². The summed E-state index contributed by atoms with van der Waals surface area (Å²) in [7, 11) is 0. The number of para-hydroxylation sites is 1. The van der Waals surface area contributed by atoms with Crippen molar-refractivity contribution in [1.29, 1.82) is 0 Å². The van der Waals surface area contributed by atoms with E-state index in [-0.39, 0.29) is 30.7 Å². The van der Waals surface area contributed by atoms with Crippen molar-refractivity contribution in [3.05, 3.63) is 95.9 Å². The Morgan fingerprint density at radius 1 is 1.00 bits per heavy atom. The first-order valence-electron chi connectivity index (χ1n) is 10.1. The number of aliphatic hydroxyl groups is 1. The van der Waals surface area contributed by atoms with Crippen molar-refractivity contribution in [3.8, 4) is 11.5 Å². The maximum Gasteiger partial charge on any atom is 0.130 e. The highest BCUT2D eigenvalue weighted by Gasteiger charge is 2.30. The Morgan fingerprint density at radius 3 is 2.72 bits per heavy atom. The minimum Gasteiger partial charge on any atom is -0.493 e.